The van der Waals surface area contributed by atoms with Gasteiger partial charge in [0.15, 0.2) is 5.76 Å². The van der Waals surface area contributed by atoms with E-state index in [0.717, 1.165) is 28.6 Å². The lowest BCUT2D eigenvalue weighted by Gasteiger charge is -2.00. The van der Waals surface area contributed by atoms with Crippen LogP contribution in [0.25, 0.3) is 22.2 Å². The van der Waals surface area contributed by atoms with E-state index < -0.39 is 0 Å². The summed E-state index contributed by atoms with van der Waals surface area (Å²) < 4.78 is 5.49. The third-order valence-corrected chi connectivity index (χ3v) is 3.29. The van der Waals surface area contributed by atoms with E-state index in [-0.39, 0.29) is 0 Å². The third kappa shape index (κ3) is 2.25. The van der Waals surface area contributed by atoms with Crippen LogP contribution in [0.5, 0.6) is 0 Å². The first kappa shape index (κ1) is 11.9. The highest BCUT2D eigenvalue weighted by Crippen LogP contribution is 2.29. The van der Waals surface area contributed by atoms with Gasteiger partial charge >= 0.3 is 0 Å². The van der Waals surface area contributed by atoms with Crippen LogP contribution in [0.2, 0.25) is 0 Å². The van der Waals surface area contributed by atoms with Crippen LogP contribution in [0, 0.1) is 6.92 Å². The van der Waals surface area contributed by atoms with Crippen molar-refractivity contribution in [1.82, 2.24) is 5.16 Å². The van der Waals surface area contributed by atoms with Crippen molar-refractivity contribution in [3.8, 4) is 11.3 Å². The van der Waals surface area contributed by atoms with Crippen LogP contribution >= 0.6 is 0 Å². The van der Waals surface area contributed by atoms with Gasteiger partial charge in [0.1, 0.15) is 5.52 Å². The lowest BCUT2D eigenvalue weighted by molar-refractivity contribution is 0.441. The minimum Gasteiger partial charge on any atom is -0.355 e. The minimum absolute atomic E-state index is 0.649. The van der Waals surface area contributed by atoms with E-state index in [0.29, 0.717) is 6.54 Å². The molecule has 3 nitrogen and oxygen atoms in total. The number of benzene rings is 2. The molecule has 0 spiro atoms. The molecule has 0 saturated carbocycles. The second-order valence-corrected chi connectivity index (χ2v) is 4.77. The van der Waals surface area contributed by atoms with Gasteiger partial charge < -0.3 is 10.3 Å². The molecule has 3 heteroatoms. The Labute approximate surface area is 112 Å². The Morgan fingerprint density at radius 3 is 2.63 bits per heavy atom. The molecule has 3 rings (SSSR count). The van der Waals surface area contributed by atoms with Crippen molar-refractivity contribution in [1.29, 1.82) is 0 Å². The van der Waals surface area contributed by atoms with Gasteiger partial charge in [0.25, 0.3) is 0 Å². The molecule has 3 aromatic rings. The number of aryl methyl sites for hydroxylation is 1. The Morgan fingerprint density at radius 1 is 1.11 bits per heavy atom. The molecule has 0 atom stereocenters. The first-order chi connectivity index (χ1) is 9.28. The van der Waals surface area contributed by atoms with Crippen molar-refractivity contribution in [3.63, 3.8) is 0 Å². The summed E-state index contributed by atoms with van der Waals surface area (Å²) in [6.07, 6.45) is 0.870. The monoisotopic (exact) mass is 252 g/mol. The molecule has 0 bridgehead atoms. The number of nitrogens with two attached hydrogens (primary N) is 1. The van der Waals surface area contributed by atoms with E-state index in [4.69, 9.17) is 10.3 Å². The van der Waals surface area contributed by atoms with Crippen molar-refractivity contribution in [2.75, 3.05) is 6.54 Å². The Hall–Kier alpha value is -2.13. The van der Waals surface area contributed by atoms with Gasteiger partial charge in [-0.2, -0.15) is 0 Å². The lowest BCUT2D eigenvalue weighted by Crippen LogP contribution is -2.02. The van der Waals surface area contributed by atoms with Crippen molar-refractivity contribution in [2.45, 2.75) is 13.3 Å². The van der Waals surface area contributed by atoms with Gasteiger partial charge in [0, 0.05) is 10.9 Å². The second-order valence-electron chi connectivity index (χ2n) is 4.77. The van der Waals surface area contributed by atoms with Gasteiger partial charge in [-0.05, 0) is 37.6 Å². The first-order valence-corrected chi connectivity index (χ1v) is 6.43. The van der Waals surface area contributed by atoms with E-state index in [9.17, 15) is 0 Å². The van der Waals surface area contributed by atoms with E-state index >= 15 is 0 Å². The summed E-state index contributed by atoms with van der Waals surface area (Å²) in [6.45, 7) is 2.72. The summed E-state index contributed by atoms with van der Waals surface area (Å²) in [6, 6.07) is 14.4. The van der Waals surface area contributed by atoms with Gasteiger partial charge in [0.2, 0.25) is 0 Å². The molecule has 0 aliphatic heterocycles. The fourth-order valence-corrected chi connectivity index (χ4v) is 2.22. The van der Waals surface area contributed by atoms with Crippen LogP contribution in [0.4, 0.5) is 0 Å². The molecule has 2 aromatic carbocycles. The smallest absolute Gasteiger partial charge is 0.174 e. The maximum absolute atomic E-state index is 5.61. The molecule has 19 heavy (non-hydrogen) atoms. The SMILES string of the molecule is Cc1ccc(-c2onc3ccc(CCN)cc23)cc1. The van der Waals surface area contributed by atoms with Crippen LogP contribution < -0.4 is 5.73 Å². The molecule has 1 aromatic heterocycles. The zero-order valence-electron chi connectivity index (χ0n) is 10.9. The zero-order chi connectivity index (χ0) is 13.2. The van der Waals surface area contributed by atoms with E-state index in [1.165, 1.54) is 11.1 Å². The minimum atomic E-state index is 0.649. The quantitative estimate of drug-likeness (QED) is 0.778. The predicted octanol–water partition coefficient (Wildman–Crippen LogP) is 3.30. The molecule has 0 aliphatic carbocycles. The molecular formula is C16H16N2O. The van der Waals surface area contributed by atoms with E-state index in [1.54, 1.807) is 0 Å². The summed E-state index contributed by atoms with van der Waals surface area (Å²) in [5.41, 5.74) is 9.99. The average molecular weight is 252 g/mol. The van der Waals surface area contributed by atoms with Crippen LogP contribution in [0.3, 0.4) is 0 Å². The Morgan fingerprint density at radius 2 is 1.89 bits per heavy atom. The summed E-state index contributed by atoms with van der Waals surface area (Å²) in [5.74, 6) is 0.828. The first-order valence-electron chi connectivity index (χ1n) is 6.43. The molecule has 0 amide bonds. The zero-order valence-corrected chi connectivity index (χ0v) is 10.9. The van der Waals surface area contributed by atoms with E-state index in [1.807, 2.05) is 6.07 Å². The van der Waals surface area contributed by atoms with Crippen molar-refractivity contribution < 1.29 is 4.52 Å². The lowest BCUT2D eigenvalue weighted by atomic mass is 10.0. The van der Waals surface area contributed by atoms with Gasteiger partial charge in [0.05, 0.1) is 0 Å². The molecule has 0 unspecified atom stereocenters. The topological polar surface area (TPSA) is 52.0 Å². The molecule has 2 N–H and O–H groups in total. The Bertz CT molecular complexity index is 698. The number of rotatable bonds is 3. The van der Waals surface area contributed by atoms with Crippen molar-refractivity contribution in [2.24, 2.45) is 5.73 Å². The molecule has 0 radical (unpaired) electrons. The molecule has 0 aliphatic rings. The summed E-state index contributed by atoms with van der Waals surface area (Å²) in [5, 5.41) is 5.16. The number of hydrogen-bond acceptors (Lipinski definition) is 3. The maximum Gasteiger partial charge on any atom is 0.174 e. The number of nitrogens with zero attached hydrogens (tertiary/aromatic N) is 1. The van der Waals surface area contributed by atoms with Crippen LogP contribution in [-0.4, -0.2) is 11.7 Å². The standard InChI is InChI=1S/C16H16N2O/c1-11-2-5-13(6-3-11)16-14-10-12(8-9-17)4-7-15(14)18-19-16/h2-7,10H,8-9,17H2,1H3. The highest BCUT2D eigenvalue weighted by atomic mass is 16.5. The van der Waals surface area contributed by atoms with Crippen LogP contribution in [0.15, 0.2) is 47.0 Å². The van der Waals surface area contributed by atoms with Crippen molar-refractivity contribution in [3.05, 3.63) is 53.6 Å². The molecular weight excluding hydrogens is 236 g/mol. The highest BCUT2D eigenvalue weighted by molar-refractivity contribution is 5.91. The number of aromatic nitrogens is 1. The number of hydrogen-bond donors (Lipinski definition) is 1. The van der Waals surface area contributed by atoms with Crippen LogP contribution in [0.1, 0.15) is 11.1 Å². The normalized spacial score (nSPS) is 11.1. The maximum atomic E-state index is 5.61. The predicted molar refractivity (Wildman–Crippen MR) is 76.9 cm³/mol. The second kappa shape index (κ2) is 4.86. The molecule has 1 heterocycles. The molecule has 0 saturated heterocycles. The van der Waals surface area contributed by atoms with Gasteiger partial charge in [-0.25, -0.2) is 0 Å². The molecule has 96 valence electrons. The summed E-state index contributed by atoms with van der Waals surface area (Å²) in [4.78, 5) is 0. The Balaban J connectivity index is 2.12. The van der Waals surface area contributed by atoms with Gasteiger partial charge in [-0.15, -0.1) is 0 Å². The fraction of sp³-hybridized carbons (Fsp3) is 0.188. The largest absolute Gasteiger partial charge is 0.355 e. The van der Waals surface area contributed by atoms with Crippen LogP contribution in [-0.2, 0) is 6.42 Å². The Kier molecular flexibility index (Phi) is 3.05. The highest BCUT2D eigenvalue weighted by Gasteiger charge is 2.10. The molecule has 0 fully saturated rings. The third-order valence-electron chi connectivity index (χ3n) is 3.29. The summed E-state index contributed by atoms with van der Waals surface area (Å²) >= 11 is 0. The number of fused-ring (bicyclic) bond motifs is 1. The average Bonchev–Trinajstić information content (AvgIpc) is 2.83. The summed E-state index contributed by atoms with van der Waals surface area (Å²) in [7, 11) is 0. The van der Waals surface area contributed by atoms with Gasteiger partial charge in [-0.3, -0.25) is 0 Å². The van der Waals surface area contributed by atoms with Gasteiger partial charge in [-0.1, -0.05) is 41.1 Å². The fourth-order valence-electron chi connectivity index (χ4n) is 2.22. The van der Waals surface area contributed by atoms with E-state index in [2.05, 4.69) is 48.5 Å². The van der Waals surface area contributed by atoms with Crippen molar-refractivity contribution >= 4 is 10.9 Å².